The maximum absolute atomic E-state index is 5.25. The van der Waals surface area contributed by atoms with Crippen LogP contribution in [-0.4, -0.2) is 4.98 Å². The average Bonchev–Trinajstić information content (AvgIpc) is 2.86. The van der Waals surface area contributed by atoms with Crippen LogP contribution in [0.15, 0.2) is 47.2 Å². The number of fused-ring (bicyclic) bond motifs is 1. The molecule has 2 aromatic heterocycles. The molecule has 14 heavy (non-hydrogen) atoms. The van der Waals surface area contributed by atoms with Crippen molar-refractivity contribution in [2.24, 2.45) is 0 Å². The Morgan fingerprint density at radius 3 is 2.93 bits per heavy atom. The van der Waals surface area contributed by atoms with Crippen molar-refractivity contribution < 1.29 is 4.42 Å². The molecule has 0 aliphatic carbocycles. The number of nitrogens with zero attached hydrogens (tertiary/aromatic N) is 1. The van der Waals surface area contributed by atoms with Crippen molar-refractivity contribution in [2.45, 2.75) is 0 Å². The number of aromatic nitrogens is 1. The molecule has 0 aliphatic heterocycles. The summed E-state index contributed by atoms with van der Waals surface area (Å²) >= 11 is 1.70. The second kappa shape index (κ2) is 2.96. The van der Waals surface area contributed by atoms with Gasteiger partial charge in [0, 0.05) is 4.70 Å². The molecule has 68 valence electrons. The summed E-state index contributed by atoms with van der Waals surface area (Å²) < 4.78 is 6.51. The molecule has 0 aliphatic rings. The Balaban J connectivity index is 2.24. The standard InChI is InChI=1S/C11H7NOS/c1-2-4-9-8(3-1)7-10(14-9)11-12-5-6-13-11/h1-7H. The molecule has 0 fully saturated rings. The van der Waals surface area contributed by atoms with Crippen LogP contribution in [-0.2, 0) is 0 Å². The van der Waals surface area contributed by atoms with Crippen molar-refractivity contribution >= 4 is 21.4 Å². The van der Waals surface area contributed by atoms with Gasteiger partial charge in [-0.05, 0) is 17.5 Å². The van der Waals surface area contributed by atoms with Gasteiger partial charge in [0.25, 0.3) is 0 Å². The SMILES string of the molecule is c1ccc2sc(-c3ncco3)cc2c1. The Kier molecular flexibility index (Phi) is 1.64. The van der Waals surface area contributed by atoms with E-state index in [0.29, 0.717) is 5.89 Å². The third kappa shape index (κ3) is 1.14. The zero-order chi connectivity index (χ0) is 9.38. The molecule has 0 bridgehead atoms. The molecule has 3 heteroatoms. The van der Waals surface area contributed by atoms with Gasteiger partial charge in [-0.25, -0.2) is 4.98 Å². The zero-order valence-corrected chi connectivity index (χ0v) is 8.12. The Morgan fingerprint density at radius 1 is 1.21 bits per heavy atom. The van der Waals surface area contributed by atoms with E-state index in [1.54, 1.807) is 23.8 Å². The predicted octanol–water partition coefficient (Wildman–Crippen LogP) is 3.56. The van der Waals surface area contributed by atoms with Crippen LogP contribution < -0.4 is 0 Å². The van der Waals surface area contributed by atoms with E-state index in [-0.39, 0.29) is 0 Å². The monoisotopic (exact) mass is 201 g/mol. The van der Waals surface area contributed by atoms with Gasteiger partial charge in [-0.2, -0.15) is 0 Å². The molecule has 3 aromatic rings. The van der Waals surface area contributed by atoms with Gasteiger partial charge < -0.3 is 4.42 Å². The molecular weight excluding hydrogens is 194 g/mol. The van der Waals surface area contributed by atoms with E-state index >= 15 is 0 Å². The van der Waals surface area contributed by atoms with Crippen LogP contribution in [0.5, 0.6) is 0 Å². The van der Waals surface area contributed by atoms with Crippen molar-refractivity contribution in [2.75, 3.05) is 0 Å². The lowest BCUT2D eigenvalue weighted by molar-refractivity contribution is 0.576. The lowest BCUT2D eigenvalue weighted by Gasteiger charge is -1.83. The van der Waals surface area contributed by atoms with Gasteiger partial charge in [0.05, 0.1) is 11.1 Å². The summed E-state index contributed by atoms with van der Waals surface area (Å²) in [4.78, 5) is 5.21. The summed E-state index contributed by atoms with van der Waals surface area (Å²) in [5, 5.41) is 1.24. The van der Waals surface area contributed by atoms with Crippen LogP contribution in [0.3, 0.4) is 0 Å². The van der Waals surface area contributed by atoms with Gasteiger partial charge in [0.1, 0.15) is 6.26 Å². The van der Waals surface area contributed by atoms with Gasteiger partial charge in [-0.1, -0.05) is 18.2 Å². The van der Waals surface area contributed by atoms with E-state index in [9.17, 15) is 0 Å². The van der Waals surface area contributed by atoms with E-state index in [2.05, 4.69) is 23.2 Å². The van der Waals surface area contributed by atoms with Crippen LogP contribution in [0.1, 0.15) is 0 Å². The van der Waals surface area contributed by atoms with Crippen molar-refractivity contribution in [1.82, 2.24) is 4.98 Å². The third-order valence-electron chi connectivity index (χ3n) is 2.07. The lowest BCUT2D eigenvalue weighted by Crippen LogP contribution is -1.66. The fraction of sp³-hybridized carbons (Fsp3) is 0. The largest absolute Gasteiger partial charge is 0.444 e. The Bertz CT molecular complexity index is 520. The molecule has 0 spiro atoms. The molecule has 2 heterocycles. The summed E-state index contributed by atoms with van der Waals surface area (Å²) in [6.07, 6.45) is 3.26. The topological polar surface area (TPSA) is 26.0 Å². The molecular formula is C11H7NOS. The molecule has 0 amide bonds. The van der Waals surface area contributed by atoms with E-state index in [1.165, 1.54) is 10.1 Å². The first-order valence-electron chi connectivity index (χ1n) is 4.32. The highest BCUT2D eigenvalue weighted by Crippen LogP contribution is 2.32. The second-order valence-electron chi connectivity index (χ2n) is 2.99. The van der Waals surface area contributed by atoms with Crippen molar-refractivity contribution in [3.63, 3.8) is 0 Å². The normalized spacial score (nSPS) is 10.9. The van der Waals surface area contributed by atoms with E-state index < -0.39 is 0 Å². The first-order valence-corrected chi connectivity index (χ1v) is 5.13. The molecule has 0 saturated heterocycles. The average molecular weight is 201 g/mol. The number of hydrogen-bond donors (Lipinski definition) is 0. The van der Waals surface area contributed by atoms with E-state index in [0.717, 1.165) is 4.88 Å². The second-order valence-corrected chi connectivity index (χ2v) is 4.07. The Morgan fingerprint density at radius 2 is 2.14 bits per heavy atom. The fourth-order valence-corrected chi connectivity index (χ4v) is 2.43. The van der Waals surface area contributed by atoms with Crippen LogP contribution in [0, 0.1) is 0 Å². The number of rotatable bonds is 1. The number of benzene rings is 1. The van der Waals surface area contributed by atoms with Crippen LogP contribution >= 0.6 is 11.3 Å². The first-order chi connectivity index (χ1) is 6.93. The minimum Gasteiger partial charge on any atom is -0.444 e. The van der Waals surface area contributed by atoms with Crippen LogP contribution in [0.2, 0.25) is 0 Å². The molecule has 0 atom stereocenters. The highest BCUT2D eigenvalue weighted by atomic mass is 32.1. The fourth-order valence-electron chi connectivity index (χ4n) is 1.43. The maximum atomic E-state index is 5.25. The molecule has 3 rings (SSSR count). The Hall–Kier alpha value is -1.61. The minimum absolute atomic E-state index is 0.700. The molecule has 1 aromatic carbocycles. The molecule has 0 saturated carbocycles. The summed E-state index contributed by atoms with van der Waals surface area (Å²) in [6, 6.07) is 10.4. The quantitative estimate of drug-likeness (QED) is 0.601. The minimum atomic E-state index is 0.700. The number of thiophene rings is 1. The van der Waals surface area contributed by atoms with E-state index in [4.69, 9.17) is 4.42 Å². The summed E-state index contributed by atoms with van der Waals surface area (Å²) in [5.41, 5.74) is 0. The van der Waals surface area contributed by atoms with Gasteiger partial charge in [0.15, 0.2) is 0 Å². The molecule has 0 radical (unpaired) electrons. The number of hydrogen-bond acceptors (Lipinski definition) is 3. The van der Waals surface area contributed by atoms with Crippen molar-refractivity contribution in [3.8, 4) is 10.8 Å². The summed E-state index contributed by atoms with van der Waals surface area (Å²) in [5.74, 6) is 0.700. The van der Waals surface area contributed by atoms with Gasteiger partial charge in [-0.3, -0.25) is 0 Å². The molecule has 2 nitrogen and oxygen atoms in total. The van der Waals surface area contributed by atoms with Gasteiger partial charge >= 0.3 is 0 Å². The van der Waals surface area contributed by atoms with E-state index in [1.807, 2.05) is 12.1 Å². The smallest absolute Gasteiger partial charge is 0.236 e. The lowest BCUT2D eigenvalue weighted by atomic mass is 10.2. The molecule has 0 unspecified atom stereocenters. The number of oxazole rings is 1. The summed E-state index contributed by atoms with van der Waals surface area (Å²) in [7, 11) is 0. The molecule has 0 N–H and O–H groups in total. The first kappa shape index (κ1) is 7.76. The maximum Gasteiger partial charge on any atom is 0.236 e. The Labute approximate surface area is 84.8 Å². The van der Waals surface area contributed by atoms with Crippen molar-refractivity contribution in [1.29, 1.82) is 0 Å². The van der Waals surface area contributed by atoms with Gasteiger partial charge in [-0.15, -0.1) is 11.3 Å². The van der Waals surface area contributed by atoms with Crippen LogP contribution in [0.4, 0.5) is 0 Å². The zero-order valence-electron chi connectivity index (χ0n) is 7.31. The van der Waals surface area contributed by atoms with Gasteiger partial charge in [0.2, 0.25) is 5.89 Å². The summed E-state index contributed by atoms with van der Waals surface area (Å²) in [6.45, 7) is 0. The third-order valence-corrected chi connectivity index (χ3v) is 3.17. The predicted molar refractivity (Wildman–Crippen MR) is 57.3 cm³/mol. The van der Waals surface area contributed by atoms with Crippen LogP contribution in [0.25, 0.3) is 20.9 Å². The highest BCUT2D eigenvalue weighted by molar-refractivity contribution is 7.22. The van der Waals surface area contributed by atoms with Crippen molar-refractivity contribution in [3.05, 3.63) is 42.8 Å². The highest BCUT2D eigenvalue weighted by Gasteiger charge is 2.06.